The van der Waals surface area contributed by atoms with E-state index in [9.17, 15) is 4.79 Å². The highest BCUT2D eigenvalue weighted by Gasteiger charge is 2.30. The lowest BCUT2D eigenvalue weighted by Gasteiger charge is -2.08. The minimum atomic E-state index is 0.0711. The van der Waals surface area contributed by atoms with Gasteiger partial charge in [-0.25, -0.2) is 0 Å². The van der Waals surface area contributed by atoms with Gasteiger partial charge in [-0.1, -0.05) is 78.3 Å². The van der Waals surface area contributed by atoms with Crippen LogP contribution in [0.4, 0.5) is 0 Å². The van der Waals surface area contributed by atoms with E-state index in [1.165, 1.54) is 0 Å². The normalized spacial score (nSPS) is 13.3. The van der Waals surface area contributed by atoms with Crippen LogP contribution in [-0.2, 0) is 0 Å². The number of benzene rings is 3. The number of hydrogen-bond donors (Lipinski definition) is 0. The monoisotopic (exact) mass is 316 g/mol. The Balaban J connectivity index is 2.02. The van der Waals surface area contributed by atoms with Crippen LogP contribution in [0, 0.1) is 0 Å². The molecule has 110 valence electrons. The number of rotatable bonds is 2. The number of allylic oxidation sites excluding steroid dienone is 1. The maximum atomic E-state index is 13.0. The molecule has 3 aromatic carbocycles. The van der Waals surface area contributed by atoms with Crippen molar-refractivity contribution in [1.29, 1.82) is 0 Å². The van der Waals surface area contributed by atoms with Crippen LogP contribution in [0.25, 0.3) is 11.1 Å². The van der Waals surface area contributed by atoms with Crippen LogP contribution in [0.1, 0.15) is 27.0 Å². The molecule has 0 saturated heterocycles. The number of carbonyl (C=O) groups excluding carboxylic acids is 1. The maximum Gasteiger partial charge on any atom is 0.194 e. The van der Waals surface area contributed by atoms with Gasteiger partial charge in [-0.3, -0.25) is 4.79 Å². The molecular formula is C21H13ClO. The predicted molar refractivity (Wildman–Crippen MR) is 94.6 cm³/mol. The van der Waals surface area contributed by atoms with E-state index in [4.69, 9.17) is 11.6 Å². The number of fused-ring (bicyclic) bond motifs is 1. The maximum absolute atomic E-state index is 13.0. The number of hydrogen-bond acceptors (Lipinski definition) is 1. The van der Waals surface area contributed by atoms with E-state index in [2.05, 4.69) is 0 Å². The largest absolute Gasteiger partial charge is 0.289 e. The van der Waals surface area contributed by atoms with Gasteiger partial charge in [0.2, 0.25) is 0 Å². The molecule has 0 saturated carbocycles. The van der Waals surface area contributed by atoms with Crippen molar-refractivity contribution in [2.75, 3.05) is 0 Å². The minimum Gasteiger partial charge on any atom is -0.289 e. The van der Waals surface area contributed by atoms with Crippen LogP contribution in [0.3, 0.4) is 0 Å². The van der Waals surface area contributed by atoms with E-state index in [0.29, 0.717) is 5.02 Å². The van der Waals surface area contributed by atoms with Gasteiger partial charge in [-0.15, -0.1) is 0 Å². The van der Waals surface area contributed by atoms with Crippen LogP contribution in [0.2, 0.25) is 5.02 Å². The Morgan fingerprint density at radius 2 is 1.13 bits per heavy atom. The molecule has 0 spiro atoms. The summed E-state index contributed by atoms with van der Waals surface area (Å²) in [6.07, 6.45) is 0. The van der Waals surface area contributed by atoms with Crippen molar-refractivity contribution < 1.29 is 4.79 Å². The second-order valence-electron chi connectivity index (χ2n) is 5.50. The summed E-state index contributed by atoms with van der Waals surface area (Å²) in [5.74, 6) is 0.0711. The second-order valence-corrected chi connectivity index (χ2v) is 5.93. The van der Waals surface area contributed by atoms with Gasteiger partial charge in [0.25, 0.3) is 0 Å². The second kappa shape index (κ2) is 5.53. The highest BCUT2D eigenvalue weighted by Crippen LogP contribution is 2.42. The van der Waals surface area contributed by atoms with Crippen LogP contribution in [-0.4, -0.2) is 5.78 Å². The molecule has 0 atom stereocenters. The zero-order chi connectivity index (χ0) is 15.8. The molecule has 3 aromatic rings. The lowest BCUT2D eigenvalue weighted by molar-refractivity contribution is 0.105. The fourth-order valence-electron chi connectivity index (χ4n) is 3.08. The summed E-state index contributed by atoms with van der Waals surface area (Å²) in [4.78, 5) is 13.0. The Hall–Kier alpha value is -2.64. The first-order valence-corrected chi connectivity index (χ1v) is 7.83. The van der Waals surface area contributed by atoms with Crippen LogP contribution >= 0.6 is 11.6 Å². The third kappa shape index (κ3) is 2.30. The molecule has 1 aliphatic rings. The number of ketones is 1. The van der Waals surface area contributed by atoms with E-state index in [-0.39, 0.29) is 5.78 Å². The molecule has 4 rings (SSSR count). The molecule has 1 nitrogen and oxygen atoms in total. The zero-order valence-electron chi connectivity index (χ0n) is 12.3. The topological polar surface area (TPSA) is 17.1 Å². The standard InChI is InChI=1S/C21H13ClO/c22-16-12-10-15(11-13-16)20-19(14-6-2-1-3-7-14)17-8-4-5-9-18(17)21(20)23/h1-13H. The van der Waals surface area contributed by atoms with E-state index in [1.807, 2.05) is 78.9 Å². The molecule has 2 heteroatoms. The molecule has 0 aromatic heterocycles. The average molecular weight is 317 g/mol. The molecule has 0 fully saturated rings. The van der Waals surface area contributed by atoms with Crippen molar-refractivity contribution in [3.8, 4) is 0 Å². The van der Waals surface area contributed by atoms with Crippen LogP contribution in [0.5, 0.6) is 0 Å². The van der Waals surface area contributed by atoms with E-state index < -0.39 is 0 Å². The predicted octanol–water partition coefficient (Wildman–Crippen LogP) is 5.50. The van der Waals surface area contributed by atoms with E-state index in [1.54, 1.807) is 0 Å². The number of halogens is 1. The van der Waals surface area contributed by atoms with Crippen LogP contribution in [0.15, 0.2) is 78.9 Å². The van der Waals surface area contributed by atoms with Crippen molar-refractivity contribution in [2.24, 2.45) is 0 Å². The number of carbonyl (C=O) groups is 1. The lowest BCUT2D eigenvalue weighted by Crippen LogP contribution is -1.98. The van der Waals surface area contributed by atoms with E-state index >= 15 is 0 Å². The molecule has 0 amide bonds. The van der Waals surface area contributed by atoms with Gasteiger partial charge in [0, 0.05) is 21.7 Å². The summed E-state index contributed by atoms with van der Waals surface area (Å²) in [5, 5.41) is 0.665. The Morgan fingerprint density at radius 1 is 0.565 bits per heavy atom. The molecule has 0 N–H and O–H groups in total. The highest BCUT2D eigenvalue weighted by atomic mass is 35.5. The third-order valence-corrected chi connectivity index (χ3v) is 4.37. The van der Waals surface area contributed by atoms with Gasteiger partial charge in [0.1, 0.15) is 0 Å². The van der Waals surface area contributed by atoms with Gasteiger partial charge >= 0.3 is 0 Å². The van der Waals surface area contributed by atoms with Gasteiger partial charge in [0.05, 0.1) is 0 Å². The van der Waals surface area contributed by atoms with Gasteiger partial charge in [-0.2, -0.15) is 0 Å². The summed E-state index contributed by atoms with van der Waals surface area (Å²) in [6.45, 7) is 0. The Bertz CT molecular complexity index is 922. The van der Waals surface area contributed by atoms with Crippen molar-refractivity contribution in [3.05, 3.63) is 106 Å². The first-order valence-electron chi connectivity index (χ1n) is 7.45. The van der Waals surface area contributed by atoms with Crippen LogP contribution < -0.4 is 0 Å². The average Bonchev–Trinajstić information content (AvgIpc) is 2.90. The SMILES string of the molecule is O=C1C(c2ccc(Cl)cc2)=C(c2ccccc2)c2ccccc21. The smallest absolute Gasteiger partial charge is 0.194 e. The quantitative estimate of drug-likeness (QED) is 0.610. The summed E-state index contributed by atoms with van der Waals surface area (Å²) in [7, 11) is 0. The van der Waals surface area contributed by atoms with Gasteiger partial charge < -0.3 is 0 Å². The first kappa shape index (κ1) is 14.0. The van der Waals surface area contributed by atoms with Crippen molar-refractivity contribution in [3.63, 3.8) is 0 Å². The Morgan fingerprint density at radius 3 is 1.83 bits per heavy atom. The van der Waals surface area contributed by atoms with Crippen molar-refractivity contribution in [2.45, 2.75) is 0 Å². The fourth-order valence-corrected chi connectivity index (χ4v) is 3.20. The lowest BCUT2D eigenvalue weighted by atomic mass is 9.94. The summed E-state index contributed by atoms with van der Waals surface area (Å²) in [6, 6.07) is 25.3. The highest BCUT2D eigenvalue weighted by molar-refractivity contribution is 6.41. The third-order valence-electron chi connectivity index (χ3n) is 4.11. The first-order chi connectivity index (χ1) is 11.3. The molecule has 0 bridgehead atoms. The van der Waals surface area contributed by atoms with Gasteiger partial charge in [-0.05, 0) is 28.8 Å². The molecule has 0 aliphatic heterocycles. The molecule has 23 heavy (non-hydrogen) atoms. The summed E-state index contributed by atoms with van der Waals surface area (Å²) < 4.78 is 0. The molecule has 0 heterocycles. The molecular weight excluding hydrogens is 304 g/mol. The Labute approximate surface area is 139 Å². The van der Waals surface area contributed by atoms with Crippen molar-refractivity contribution >= 4 is 28.5 Å². The van der Waals surface area contributed by atoms with Gasteiger partial charge in [0.15, 0.2) is 5.78 Å². The minimum absolute atomic E-state index is 0.0711. The fraction of sp³-hybridized carbons (Fsp3) is 0. The number of Topliss-reactive ketones (excluding diaryl/α,β-unsaturated/α-hetero) is 1. The molecule has 0 unspecified atom stereocenters. The van der Waals surface area contributed by atoms with E-state index in [0.717, 1.165) is 33.4 Å². The molecule has 0 radical (unpaired) electrons. The Kier molecular flexibility index (Phi) is 3.36. The zero-order valence-corrected chi connectivity index (χ0v) is 13.0. The molecule has 1 aliphatic carbocycles. The summed E-state index contributed by atoms with van der Waals surface area (Å²) in [5.41, 5.74) is 5.44. The van der Waals surface area contributed by atoms with Crippen molar-refractivity contribution in [1.82, 2.24) is 0 Å². The summed E-state index contributed by atoms with van der Waals surface area (Å²) >= 11 is 6.00.